The smallest absolute Gasteiger partial charge is 0.295 e. The summed E-state index contributed by atoms with van der Waals surface area (Å²) in [6.45, 7) is 6.25. The highest BCUT2D eigenvalue weighted by Crippen LogP contribution is 2.34. The second-order valence-electron chi connectivity index (χ2n) is 5.75. The molecular weight excluding hydrogens is 277 g/mol. The molecule has 0 aliphatic carbocycles. The second kappa shape index (κ2) is 6.71. The van der Waals surface area contributed by atoms with E-state index in [4.69, 9.17) is 10.5 Å². The van der Waals surface area contributed by atoms with Gasteiger partial charge in [-0.2, -0.15) is 0 Å². The van der Waals surface area contributed by atoms with Crippen LogP contribution in [0.15, 0.2) is 12.1 Å². The first kappa shape index (κ1) is 17.2. The van der Waals surface area contributed by atoms with Crippen LogP contribution in [0.4, 0.5) is 15.8 Å². The van der Waals surface area contributed by atoms with Crippen LogP contribution in [0, 0.1) is 21.8 Å². The van der Waals surface area contributed by atoms with Crippen molar-refractivity contribution in [2.75, 3.05) is 19.0 Å². The van der Waals surface area contributed by atoms with E-state index in [0.717, 1.165) is 12.5 Å². The van der Waals surface area contributed by atoms with E-state index in [1.54, 1.807) is 0 Å². The van der Waals surface area contributed by atoms with Crippen LogP contribution in [-0.2, 0) is 0 Å². The minimum absolute atomic E-state index is 0.0491. The Morgan fingerprint density at radius 1 is 1.52 bits per heavy atom. The lowest BCUT2D eigenvalue weighted by Gasteiger charge is -2.32. The number of methoxy groups -OCH3 is 1. The highest BCUT2D eigenvalue weighted by atomic mass is 19.1. The van der Waals surface area contributed by atoms with Crippen molar-refractivity contribution in [1.29, 1.82) is 0 Å². The molecule has 3 N–H and O–H groups in total. The predicted molar refractivity (Wildman–Crippen MR) is 80.1 cm³/mol. The molecule has 1 aromatic carbocycles. The van der Waals surface area contributed by atoms with Gasteiger partial charge in [-0.3, -0.25) is 10.1 Å². The van der Waals surface area contributed by atoms with Gasteiger partial charge in [-0.05, 0) is 19.3 Å². The summed E-state index contributed by atoms with van der Waals surface area (Å²) in [5, 5.41) is 14.2. The van der Waals surface area contributed by atoms with Gasteiger partial charge in [0, 0.05) is 18.2 Å². The quantitative estimate of drug-likeness (QED) is 0.596. The molecule has 0 saturated carbocycles. The van der Waals surface area contributed by atoms with Crippen molar-refractivity contribution in [3.63, 3.8) is 0 Å². The Morgan fingerprint density at radius 3 is 2.57 bits per heavy atom. The molecular formula is C14H22FN3O3. The minimum Gasteiger partial charge on any atom is -0.494 e. The van der Waals surface area contributed by atoms with E-state index in [-0.39, 0.29) is 17.1 Å². The molecule has 7 heteroatoms. The van der Waals surface area contributed by atoms with Crippen molar-refractivity contribution in [2.24, 2.45) is 11.7 Å². The Bertz CT molecular complexity index is 522. The molecule has 1 unspecified atom stereocenters. The summed E-state index contributed by atoms with van der Waals surface area (Å²) in [5.74, 6) is -0.465. The lowest BCUT2D eigenvalue weighted by Crippen LogP contribution is -2.43. The first-order valence-corrected chi connectivity index (χ1v) is 6.72. The number of nitrogens with zero attached hydrogens (tertiary/aromatic N) is 1. The zero-order valence-electron chi connectivity index (χ0n) is 12.8. The van der Waals surface area contributed by atoms with E-state index in [0.29, 0.717) is 12.5 Å². The molecule has 0 radical (unpaired) electrons. The number of nitrogens with one attached hydrogen (secondary N) is 1. The van der Waals surface area contributed by atoms with Crippen molar-refractivity contribution < 1.29 is 14.1 Å². The third kappa shape index (κ3) is 4.29. The molecule has 0 bridgehead atoms. The van der Waals surface area contributed by atoms with Crippen molar-refractivity contribution in [2.45, 2.75) is 32.7 Å². The normalized spacial score (nSPS) is 13.9. The van der Waals surface area contributed by atoms with Crippen LogP contribution < -0.4 is 15.8 Å². The van der Waals surface area contributed by atoms with Gasteiger partial charge in [-0.25, -0.2) is 4.39 Å². The van der Waals surface area contributed by atoms with Crippen molar-refractivity contribution in [3.8, 4) is 5.75 Å². The third-order valence-electron chi connectivity index (χ3n) is 3.21. The monoisotopic (exact) mass is 299 g/mol. The zero-order valence-corrected chi connectivity index (χ0v) is 12.8. The molecule has 0 amide bonds. The lowest BCUT2D eigenvalue weighted by molar-refractivity contribution is -0.384. The van der Waals surface area contributed by atoms with Gasteiger partial charge in [0.25, 0.3) is 5.69 Å². The lowest BCUT2D eigenvalue weighted by atomic mass is 9.90. The van der Waals surface area contributed by atoms with Crippen LogP contribution in [0.5, 0.6) is 5.75 Å². The van der Waals surface area contributed by atoms with E-state index in [9.17, 15) is 14.5 Å². The van der Waals surface area contributed by atoms with Gasteiger partial charge in [-0.1, -0.05) is 13.8 Å². The summed E-state index contributed by atoms with van der Waals surface area (Å²) in [5.41, 5.74) is 5.13. The van der Waals surface area contributed by atoms with Crippen LogP contribution in [0.1, 0.15) is 27.2 Å². The molecule has 0 spiro atoms. The van der Waals surface area contributed by atoms with Gasteiger partial charge in [0.1, 0.15) is 5.69 Å². The zero-order chi connectivity index (χ0) is 16.2. The molecule has 0 fully saturated rings. The van der Waals surface area contributed by atoms with E-state index >= 15 is 0 Å². The SMILES string of the molecule is COc1cc(NC(C)(CN)CC(C)C)c([N+](=O)[O-])cc1F. The average Bonchev–Trinajstić information content (AvgIpc) is 2.39. The van der Waals surface area contributed by atoms with Crippen LogP contribution in [-0.4, -0.2) is 24.1 Å². The molecule has 0 aromatic heterocycles. The predicted octanol–water partition coefficient (Wildman–Crippen LogP) is 2.92. The molecule has 118 valence electrons. The summed E-state index contributed by atoms with van der Waals surface area (Å²) in [6.07, 6.45) is 0.723. The number of nitro benzene ring substituents is 1. The first-order chi connectivity index (χ1) is 9.72. The maximum Gasteiger partial charge on any atom is 0.295 e. The maximum atomic E-state index is 13.6. The third-order valence-corrected chi connectivity index (χ3v) is 3.21. The highest BCUT2D eigenvalue weighted by Gasteiger charge is 2.28. The Kier molecular flexibility index (Phi) is 5.48. The van der Waals surface area contributed by atoms with Gasteiger partial charge in [-0.15, -0.1) is 0 Å². The van der Waals surface area contributed by atoms with Crippen molar-refractivity contribution in [1.82, 2.24) is 0 Å². The molecule has 1 aromatic rings. The number of rotatable bonds is 7. The number of nitrogens with two attached hydrogens (primary N) is 1. The van der Waals surface area contributed by atoms with Gasteiger partial charge in [0.2, 0.25) is 0 Å². The Balaban J connectivity index is 3.24. The van der Waals surface area contributed by atoms with E-state index in [1.807, 2.05) is 20.8 Å². The van der Waals surface area contributed by atoms with Gasteiger partial charge >= 0.3 is 0 Å². The second-order valence-corrected chi connectivity index (χ2v) is 5.75. The molecule has 0 aliphatic rings. The first-order valence-electron chi connectivity index (χ1n) is 6.72. The topological polar surface area (TPSA) is 90.4 Å². The largest absolute Gasteiger partial charge is 0.494 e. The van der Waals surface area contributed by atoms with E-state index < -0.39 is 16.3 Å². The standard InChI is InChI=1S/C14H22FN3O3/c1-9(2)7-14(3,8-16)17-11-6-13(21-4)10(15)5-12(11)18(19)20/h5-6,9,17H,7-8,16H2,1-4H3. The average molecular weight is 299 g/mol. The number of benzene rings is 1. The maximum absolute atomic E-state index is 13.6. The van der Waals surface area contributed by atoms with Crippen molar-refractivity contribution in [3.05, 3.63) is 28.1 Å². The fourth-order valence-corrected chi connectivity index (χ4v) is 2.36. The molecule has 6 nitrogen and oxygen atoms in total. The van der Waals surface area contributed by atoms with E-state index in [2.05, 4.69) is 5.32 Å². The van der Waals surface area contributed by atoms with Gasteiger partial charge in [0.15, 0.2) is 11.6 Å². The number of halogens is 1. The summed E-state index contributed by atoms with van der Waals surface area (Å²) < 4.78 is 18.5. The van der Waals surface area contributed by atoms with Crippen LogP contribution in [0.3, 0.4) is 0 Å². The Morgan fingerprint density at radius 2 is 2.14 bits per heavy atom. The molecule has 0 heterocycles. The van der Waals surface area contributed by atoms with Crippen LogP contribution in [0.2, 0.25) is 0 Å². The summed E-state index contributed by atoms with van der Waals surface area (Å²) in [6, 6.07) is 2.15. The highest BCUT2D eigenvalue weighted by molar-refractivity contribution is 5.65. The molecule has 21 heavy (non-hydrogen) atoms. The molecule has 1 atom stereocenters. The number of anilines is 1. The Labute approximate surface area is 123 Å². The minimum atomic E-state index is -0.770. The fraction of sp³-hybridized carbons (Fsp3) is 0.571. The molecule has 0 saturated heterocycles. The summed E-state index contributed by atoms with van der Waals surface area (Å²) >= 11 is 0. The summed E-state index contributed by atoms with van der Waals surface area (Å²) in [4.78, 5) is 10.5. The van der Waals surface area contributed by atoms with Crippen LogP contribution >= 0.6 is 0 Å². The van der Waals surface area contributed by atoms with Crippen LogP contribution in [0.25, 0.3) is 0 Å². The number of hydrogen-bond acceptors (Lipinski definition) is 5. The molecule has 1 rings (SSSR count). The summed E-state index contributed by atoms with van der Waals surface area (Å²) in [7, 11) is 1.31. The van der Waals surface area contributed by atoms with E-state index in [1.165, 1.54) is 13.2 Å². The van der Waals surface area contributed by atoms with Crippen molar-refractivity contribution >= 4 is 11.4 Å². The number of hydrogen-bond donors (Lipinski definition) is 2. The fourth-order valence-electron chi connectivity index (χ4n) is 2.36. The van der Waals surface area contributed by atoms with Gasteiger partial charge in [0.05, 0.1) is 18.1 Å². The Hall–Kier alpha value is -1.89. The number of ether oxygens (including phenoxy) is 1. The number of nitro groups is 1. The van der Waals surface area contributed by atoms with Gasteiger partial charge < -0.3 is 15.8 Å². The molecule has 0 aliphatic heterocycles.